The average Bonchev–Trinajstić information content (AvgIpc) is 3.82. The molecular formula is C51H42N4S. The largest absolute Gasteiger partial charge is 0.309 e. The van der Waals surface area contributed by atoms with E-state index in [2.05, 4.69) is 197 Å². The Morgan fingerprint density at radius 1 is 0.571 bits per heavy atom. The summed E-state index contributed by atoms with van der Waals surface area (Å²) >= 11 is 1.89. The number of hydrogen-bond donors (Lipinski definition) is 3. The van der Waals surface area contributed by atoms with Gasteiger partial charge in [-0.05, 0) is 95.1 Å². The van der Waals surface area contributed by atoms with Crippen LogP contribution in [0.1, 0.15) is 31.0 Å². The van der Waals surface area contributed by atoms with Crippen LogP contribution >= 0.6 is 11.3 Å². The number of benzene rings is 6. The summed E-state index contributed by atoms with van der Waals surface area (Å²) in [5.74, 6) is 0.383. The Kier molecular flexibility index (Phi) is 8.40. The van der Waals surface area contributed by atoms with Crippen molar-refractivity contribution in [3.05, 3.63) is 187 Å². The van der Waals surface area contributed by atoms with Crippen molar-refractivity contribution in [1.82, 2.24) is 20.5 Å². The first-order valence-electron chi connectivity index (χ1n) is 19.9. The van der Waals surface area contributed by atoms with Crippen LogP contribution < -0.4 is 16.0 Å². The number of nitrogens with one attached hydrogen (secondary N) is 3. The van der Waals surface area contributed by atoms with Crippen LogP contribution in [0.15, 0.2) is 182 Å². The van der Waals surface area contributed by atoms with Crippen LogP contribution in [0.2, 0.25) is 0 Å². The number of aromatic nitrogens is 1. The highest BCUT2D eigenvalue weighted by molar-refractivity contribution is 7.26. The van der Waals surface area contributed by atoms with Gasteiger partial charge in [-0.15, -0.1) is 11.3 Å². The highest BCUT2D eigenvalue weighted by Crippen LogP contribution is 2.42. The third-order valence-electron chi connectivity index (χ3n) is 11.9. The Labute approximate surface area is 331 Å². The normalized spacial score (nSPS) is 21.0. The molecule has 0 saturated carbocycles. The van der Waals surface area contributed by atoms with Gasteiger partial charge in [0.15, 0.2) is 0 Å². The van der Waals surface area contributed by atoms with E-state index in [1.165, 1.54) is 75.4 Å². The zero-order valence-corrected chi connectivity index (χ0v) is 31.8. The van der Waals surface area contributed by atoms with Crippen molar-refractivity contribution in [3.63, 3.8) is 0 Å². The number of allylic oxidation sites excluding steroid dienone is 5. The summed E-state index contributed by atoms with van der Waals surface area (Å²) in [4.78, 5) is 0. The fourth-order valence-electron chi connectivity index (χ4n) is 9.07. The van der Waals surface area contributed by atoms with Gasteiger partial charge in [0.05, 0.1) is 29.5 Å². The molecule has 3 aliphatic rings. The van der Waals surface area contributed by atoms with Crippen LogP contribution in [0.5, 0.6) is 0 Å². The van der Waals surface area contributed by atoms with Gasteiger partial charge in [0.2, 0.25) is 0 Å². The van der Waals surface area contributed by atoms with Crippen LogP contribution in [0, 0.1) is 5.92 Å². The Morgan fingerprint density at radius 3 is 2.14 bits per heavy atom. The molecule has 1 aliphatic heterocycles. The van der Waals surface area contributed by atoms with Crippen molar-refractivity contribution in [2.45, 2.75) is 37.8 Å². The molecule has 3 N–H and O–H groups in total. The van der Waals surface area contributed by atoms with Crippen LogP contribution in [0.3, 0.4) is 0 Å². The second-order valence-electron chi connectivity index (χ2n) is 15.3. The Bertz CT molecular complexity index is 2890. The summed E-state index contributed by atoms with van der Waals surface area (Å²) < 4.78 is 5.11. The molecule has 56 heavy (non-hydrogen) atoms. The standard InChI is InChI=1S/C51H42N4S/c1-4-13-33(14-5-1)37-25-29-45-43(31-37)44-32-38(40-20-12-21-42-41-19-10-11-22-47(41)56-48(40)42)26-30-46(44)55(45)39-27-23-36(24-28-39)51-53-49(34-15-6-2-7-16-34)52-50(54-51)35-17-8-3-9-18-35/h1-2,4-8,10-15,17-32,34,49-54H,3,9,16H2. The minimum Gasteiger partial charge on any atom is -0.309 e. The number of rotatable bonds is 6. The topological polar surface area (TPSA) is 41.0 Å². The quantitative estimate of drug-likeness (QED) is 0.159. The molecule has 4 atom stereocenters. The van der Waals surface area contributed by atoms with Gasteiger partial charge in [0, 0.05) is 42.6 Å². The first kappa shape index (κ1) is 33.5. The predicted octanol–water partition coefficient (Wildman–Crippen LogP) is 12.3. The van der Waals surface area contributed by atoms with Crippen molar-refractivity contribution in [2.75, 3.05) is 0 Å². The van der Waals surface area contributed by atoms with Crippen LogP contribution in [-0.4, -0.2) is 16.9 Å². The molecule has 11 rings (SSSR count). The van der Waals surface area contributed by atoms with E-state index in [0.29, 0.717) is 5.92 Å². The molecule has 0 spiro atoms. The van der Waals surface area contributed by atoms with Crippen molar-refractivity contribution in [2.24, 2.45) is 5.92 Å². The molecule has 2 aliphatic carbocycles. The van der Waals surface area contributed by atoms with Crippen molar-refractivity contribution in [3.8, 4) is 27.9 Å². The SMILES string of the molecule is C1=CCC(C2NC(C3=CCCC=C3)NC(c3ccc(-n4c5ccc(-c6ccccc6)cc5c5cc(-c6cccc7c6sc6ccccc67)ccc54)cc3)N2)C=C1. The molecule has 0 amide bonds. The number of nitrogens with zero attached hydrogens (tertiary/aromatic N) is 1. The highest BCUT2D eigenvalue weighted by atomic mass is 32.1. The molecule has 3 heterocycles. The van der Waals surface area contributed by atoms with Crippen molar-refractivity contribution >= 4 is 53.3 Å². The molecule has 2 aromatic heterocycles. The van der Waals surface area contributed by atoms with Crippen molar-refractivity contribution in [1.29, 1.82) is 0 Å². The molecule has 8 aromatic rings. The fraction of sp³-hybridized carbons (Fsp3) is 0.137. The summed E-state index contributed by atoms with van der Waals surface area (Å²) in [6.07, 6.45) is 19.3. The lowest BCUT2D eigenvalue weighted by molar-refractivity contribution is 0.188. The number of fused-ring (bicyclic) bond motifs is 6. The maximum absolute atomic E-state index is 3.92. The molecule has 1 fully saturated rings. The molecule has 6 aromatic carbocycles. The van der Waals surface area contributed by atoms with E-state index >= 15 is 0 Å². The van der Waals surface area contributed by atoms with E-state index in [4.69, 9.17) is 0 Å². The van der Waals surface area contributed by atoms with Gasteiger partial charge in [0.25, 0.3) is 0 Å². The third kappa shape index (κ3) is 5.87. The second kappa shape index (κ2) is 14.0. The van der Waals surface area contributed by atoms with E-state index < -0.39 is 0 Å². The molecule has 4 nitrogen and oxygen atoms in total. The number of hydrogen-bond acceptors (Lipinski definition) is 4. The summed E-state index contributed by atoms with van der Waals surface area (Å²) in [5, 5.41) is 16.9. The molecule has 272 valence electrons. The first-order valence-corrected chi connectivity index (χ1v) is 20.7. The Morgan fingerprint density at radius 2 is 1.34 bits per heavy atom. The van der Waals surface area contributed by atoms with E-state index in [1.807, 2.05) is 11.3 Å². The summed E-state index contributed by atoms with van der Waals surface area (Å²) in [5.41, 5.74) is 11.1. The van der Waals surface area contributed by atoms with E-state index in [9.17, 15) is 0 Å². The van der Waals surface area contributed by atoms with Gasteiger partial charge in [-0.2, -0.15) is 0 Å². The predicted molar refractivity (Wildman–Crippen MR) is 237 cm³/mol. The Hall–Kier alpha value is -5.82. The third-order valence-corrected chi connectivity index (χ3v) is 13.1. The van der Waals surface area contributed by atoms with Crippen LogP contribution in [0.4, 0.5) is 0 Å². The van der Waals surface area contributed by atoms with E-state index in [1.54, 1.807) is 0 Å². The van der Waals surface area contributed by atoms with Crippen molar-refractivity contribution < 1.29 is 0 Å². The maximum Gasteiger partial charge on any atom is 0.0862 e. The summed E-state index contributed by atoms with van der Waals surface area (Å²) in [7, 11) is 0. The molecule has 0 bridgehead atoms. The molecule has 4 unspecified atom stereocenters. The lowest BCUT2D eigenvalue weighted by atomic mass is 9.94. The minimum absolute atomic E-state index is 0.00146. The molecule has 1 saturated heterocycles. The molecular weight excluding hydrogens is 701 g/mol. The highest BCUT2D eigenvalue weighted by Gasteiger charge is 2.33. The zero-order valence-electron chi connectivity index (χ0n) is 31.0. The first-order chi connectivity index (χ1) is 27.7. The van der Waals surface area contributed by atoms with Gasteiger partial charge in [0.1, 0.15) is 0 Å². The smallest absolute Gasteiger partial charge is 0.0862 e. The van der Waals surface area contributed by atoms with Gasteiger partial charge in [-0.25, -0.2) is 0 Å². The lowest BCUT2D eigenvalue weighted by Crippen LogP contribution is -2.65. The van der Waals surface area contributed by atoms with Gasteiger partial charge >= 0.3 is 0 Å². The summed E-state index contributed by atoms with van der Waals surface area (Å²) in [6, 6.07) is 49.5. The minimum atomic E-state index is 0.00146. The van der Waals surface area contributed by atoms with Gasteiger partial charge in [-0.1, -0.05) is 134 Å². The fourth-order valence-corrected chi connectivity index (χ4v) is 10.3. The molecule has 0 radical (unpaired) electrons. The second-order valence-corrected chi connectivity index (χ2v) is 16.3. The summed E-state index contributed by atoms with van der Waals surface area (Å²) in [6.45, 7) is 0. The monoisotopic (exact) mass is 742 g/mol. The number of thiophene rings is 1. The van der Waals surface area contributed by atoms with E-state index in [-0.39, 0.29) is 18.5 Å². The van der Waals surface area contributed by atoms with E-state index in [0.717, 1.165) is 24.9 Å². The van der Waals surface area contributed by atoms with Gasteiger partial charge in [-0.3, -0.25) is 16.0 Å². The maximum atomic E-state index is 3.92. The zero-order chi connectivity index (χ0) is 37.0. The lowest BCUT2D eigenvalue weighted by Gasteiger charge is -2.42. The molecule has 5 heteroatoms. The Balaban J connectivity index is 1.01. The van der Waals surface area contributed by atoms with Gasteiger partial charge < -0.3 is 4.57 Å². The van der Waals surface area contributed by atoms with Crippen LogP contribution in [0.25, 0.3) is 69.9 Å². The van der Waals surface area contributed by atoms with Crippen LogP contribution in [-0.2, 0) is 0 Å². The average molecular weight is 743 g/mol.